The normalized spacial score (nSPS) is 25.7. The zero-order valence-corrected chi connectivity index (χ0v) is 39.5. The molecule has 2 aliphatic heterocycles. The molecule has 0 radical (unpaired) electrons. The minimum atomic E-state index is -1.92. The summed E-state index contributed by atoms with van der Waals surface area (Å²) in [6.07, 6.45) is -16.7. The molecule has 0 bridgehead atoms. The van der Waals surface area contributed by atoms with E-state index in [-0.39, 0.29) is 18.8 Å². The van der Waals surface area contributed by atoms with Gasteiger partial charge in [-0.3, -0.25) is 38.4 Å². The third-order valence-electron chi connectivity index (χ3n) is 8.61. The summed E-state index contributed by atoms with van der Waals surface area (Å²) >= 11 is 0.896. The molecule has 2 heterocycles. The van der Waals surface area contributed by atoms with Crippen molar-refractivity contribution in [2.45, 2.75) is 161 Å². The van der Waals surface area contributed by atoms with Crippen LogP contribution in [0.15, 0.2) is 12.7 Å². The molecule has 2 amide bonds. The number of nitrogens with one attached hydrogen (secondary N) is 2. The first-order valence-electron chi connectivity index (χ1n) is 20.5. The molecule has 0 aromatic rings. The fraction of sp³-hybridized carbons (Fsp3) is 0.707. The Kier molecular flexibility index (Phi) is 22.8. The van der Waals surface area contributed by atoms with E-state index in [0.717, 1.165) is 60.2 Å². The zero-order chi connectivity index (χ0) is 50.1. The van der Waals surface area contributed by atoms with Gasteiger partial charge in [0.15, 0.2) is 43.0 Å². The Bertz CT molecular complexity index is 1770. The quantitative estimate of drug-likeness (QED) is 0.0915. The number of hydrogen-bond donors (Lipinski definition) is 2. The Morgan fingerprint density at radius 2 is 1.11 bits per heavy atom. The van der Waals surface area contributed by atoms with Gasteiger partial charge in [0.05, 0.1) is 11.9 Å². The fourth-order valence-corrected chi connectivity index (χ4v) is 7.47. The molecule has 2 saturated heterocycles. The van der Waals surface area contributed by atoms with Crippen LogP contribution in [0.3, 0.4) is 0 Å². The summed E-state index contributed by atoms with van der Waals surface area (Å²) in [6, 6.07) is -1.29. The molecule has 2 rings (SSSR count). The molecule has 372 valence electrons. The number of amides is 2. The van der Waals surface area contributed by atoms with Gasteiger partial charge in [0.25, 0.3) is 0 Å². The first-order chi connectivity index (χ1) is 30.8. The SMILES string of the molecule is C=CCC(SCC(NC(=O)OC(C)(C)C)C(=O)OCC)C(=O)N[C@@H]1OC(COC(C)=O)[C@H](O[C@@H]2OC(COC(C)=O)[C@H](OC(C)=O)[C@H](OC(C)=O)C2OC(C)=O)[C@H](OC(C)=O)C1OC(C)=O. The third-order valence-corrected chi connectivity index (χ3v) is 9.95. The number of carbonyl (C=O) groups is 10. The van der Waals surface area contributed by atoms with E-state index in [0.29, 0.717) is 0 Å². The summed E-state index contributed by atoms with van der Waals surface area (Å²) in [6.45, 7) is 15.9. The Morgan fingerprint density at radius 1 is 0.636 bits per heavy atom. The largest absolute Gasteiger partial charge is 0.464 e. The van der Waals surface area contributed by atoms with Crippen LogP contribution in [0.4, 0.5) is 4.79 Å². The maximum absolute atomic E-state index is 14.1. The topological polar surface area (TPSA) is 306 Å². The van der Waals surface area contributed by atoms with Crippen LogP contribution >= 0.6 is 11.8 Å². The molecule has 25 heteroatoms. The lowest BCUT2D eigenvalue weighted by atomic mass is 9.95. The molecular weight excluding hydrogens is 905 g/mol. The number of alkyl carbamates (subject to hydrolysis) is 1. The molecular formula is C41H60N2O22S. The second-order valence-electron chi connectivity index (χ2n) is 15.5. The number of rotatable bonds is 21. The third kappa shape index (κ3) is 19.1. The van der Waals surface area contributed by atoms with E-state index in [9.17, 15) is 47.9 Å². The Balaban J connectivity index is 2.71. The van der Waals surface area contributed by atoms with Gasteiger partial charge in [-0.1, -0.05) is 6.08 Å². The van der Waals surface area contributed by atoms with E-state index in [2.05, 4.69) is 17.2 Å². The summed E-state index contributed by atoms with van der Waals surface area (Å²) in [5.74, 6) is -8.31. The number of thioether (sulfide) groups is 1. The Hall–Kier alpha value is -5.53. The van der Waals surface area contributed by atoms with E-state index in [1.54, 1.807) is 27.7 Å². The smallest absolute Gasteiger partial charge is 0.408 e. The number of hydrogen-bond acceptors (Lipinski definition) is 23. The van der Waals surface area contributed by atoms with Crippen molar-refractivity contribution in [2.24, 2.45) is 0 Å². The van der Waals surface area contributed by atoms with Crippen molar-refractivity contribution >= 4 is 71.5 Å². The summed E-state index contributed by atoms with van der Waals surface area (Å²) in [5, 5.41) is 3.95. The highest BCUT2D eigenvalue weighted by Crippen LogP contribution is 2.35. The van der Waals surface area contributed by atoms with Crippen LogP contribution in [0.2, 0.25) is 0 Å². The summed E-state index contributed by atoms with van der Waals surface area (Å²) in [5.41, 5.74) is -0.913. The van der Waals surface area contributed by atoms with Crippen molar-refractivity contribution in [3.05, 3.63) is 12.7 Å². The van der Waals surface area contributed by atoms with E-state index >= 15 is 0 Å². The van der Waals surface area contributed by atoms with Crippen LogP contribution in [0.25, 0.3) is 0 Å². The molecule has 0 aromatic heterocycles. The van der Waals surface area contributed by atoms with Gasteiger partial charge in [-0.25, -0.2) is 9.59 Å². The molecule has 66 heavy (non-hydrogen) atoms. The van der Waals surface area contributed by atoms with Crippen molar-refractivity contribution in [1.82, 2.24) is 10.6 Å². The van der Waals surface area contributed by atoms with Crippen LogP contribution < -0.4 is 10.6 Å². The van der Waals surface area contributed by atoms with Gasteiger partial charge < -0.3 is 67.5 Å². The lowest BCUT2D eigenvalue weighted by molar-refractivity contribution is -0.345. The highest BCUT2D eigenvalue weighted by Gasteiger charge is 2.57. The first kappa shape index (κ1) is 56.6. The van der Waals surface area contributed by atoms with Gasteiger partial charge in [0.2, 0.25) is 5.91 Å². The van der Waals surface area contributed by atoms with Gasteiger partial charge >= 0.3 is 53.8 Å². The average Bonchev–Trinajstić information content (AvgIpc) is 3.17. The predicted molar refractivity (Wildman–Crippen MR) is 222 cm³/mol. The van der Waals surface area contributed by atoms with Crippen molar-refractivity contribution < 1.29 is 105 Å². The van der Waals surface area contributed by atoms with Gasteiger partial charge in [0.1, 0.15) is 43.2 Å². The van der Waals surface area contributed by atoms with Crippen LogP contribution in [-0.4, -0.2) is 164 Å². The molecule has 2 aliphatic rings. The molecule has 12 atom stereocenters. The number of ether oxygens (including phenoxy) is 12. The maximum atomic E-state index is 14.1. The van der Waals surface area contributed by atoms with Crippen molar-refractivity contribution in [3.63, 3.8) is 0 Å². The van der Waals surface area contributed by atoms with Crippen molar-refractivity contribution in [1.29, 1.82) is 0 Å². The average molecular weight is 965 g/mol. The summed E-state index contributed by atoms with van der Waals surface area (Å²) in [4.78, 5) is 127. The zero-order valence-electron chi connectivity index (χ0n) is 38.6. The van der Waals surface area contributed by atoms with Gasteiger partial charge in [0, 0.05) is 54.2 Å². The van der Waals surface area contributed by atoms with Crippen molar-refractivity contribution in [3.8, 4) is 0 Å². The second kappa shape index (κ2) is 26.6. The standard InChI is InChI=1S/C41H60N2O22S/c1-13-15-29(66-18-26(38(52)54-14-2)42-40(53)65-41(10,11)12)36(51)43-37-34(60-24(8)49)32(58-22(6)47)31(27(62-37)16-55-19(3)44)64-39-35(61-25(9)50)33(59-23(7)48)30(57-21(5)46)28(63-39)17-56-20(4)45/h13,26-35,37,39H,1,14-18H2,2-12H3,(H,42,53)(H,43,51)/t26?,27?,28?,29?,30-,31-,32-,33-,34?,35?,37+,39-/m0/s1. The van der Waals surface area contributed by atoms with Crippen LogP contribution in [0.5, 0.6) is 0 Å². The minimum Gasteiger partial charge on any atom is -0.464 e. The van der Waals surface area contributed by atoms with E-state index in [1.165, 1.54) is 6.08 Å². The molecule has 2 fully saturated rings. The molecule has 24 nitrogen and oxygen atoms in total. The second-order valence-corrected chi connectivity index (χ2v) is 16.8. The summed E-state index contributed by atoms with van der Waals surface area (Å²) < 4.78 is 67.2. The van der Waals surface area contributed by atoms with E-state index in [4.69, 9.17) is 56.8 Å². The van der Waals surface area contributed by atoms with Crippen LogP contribution in [0, 0.1) is 0 Å². The molecule has 0 saturated carbocycles. The highest BCUT2D eigenvalue weighted by molar-refractivity contribution is 8.00. The van der Waals surface area contributed by atoms with Crippen LogP contribution in [0.1, 0.15) is 82.6 Å². The number of allylic oxidation sites excluding steroid dienone is 1. The molecule has 2 N–H and O–H groups in total. The summed E-state index contributed by atoms with van der Waals surface area (Å²) in [7, 11) is 0. The van der Waals surface area contributed by atoms with Gasteiger partial charge in [-0.15, -0.1) is 18.3 Å². The van der Waals surface area contributed by atoms with Gasteiger partial charge in [-0.2, -0.15) is 0 Å². The van der Waals surface area contributed by atoms with Crippen LogP contribution in [-0.2, 0) is 100.0 Å². The first-order valence-corrected chi connectivity index (χ1v) is 21.6. The van der Waals surface area contributed by atoms with Crippen molar-refractivity contribution in [2.75, 3.05) is 25.6 Å². The molecule has 0 aromatic carbocycles. The van der Waals surface area contributed by atoms with Gasteiger partial charge in [-0.05, 0) is 34.1 Å². The number of carbonyl (C=O) groups excluding carboxylic acids is 10. The highest BCUT2D eigenvalue weighted by atomic mass is 32.2. The monoisotopic (exact) mass is 964 g/mol. The Labute approximate surface area is 385 Å². The molecule has 0 aliphatic carbocycles. The Morgan fingerprint density at radius 3 is 1.58 bits per heavy atom. The fourth-order valence-electron chi connectivity index (χ4n) is 6.34. The maximum Gasteiger partial charge on any atom is 0.408 e. The lowest BCUT2D eigenvalue weighted by Gasteiger charge is -2.49. The minimum absolute atomic E-state index is 0.0282. The molecule has 6 unspecified atom stereocenters. The predicted octanol–water partition coefficient (Wildman–Crippen LogP) is 0.857. The van der Waals surface area contributed by atoms with E-state index in [1.807, 2.05) is 0 Å². The number of esters is 8. The molecule has 0 spiro atoms. The van der Waals surface area contributed by atoms with E-state index < -0.39 is 151 Å². The lowest BCUT2D eigenvalue weighted by Crippen LogP contribution is -2.69.